The molecule has 0 aliphatic heterocycles. The number of aliphatic hydroxyl groups excluding tert-OH is 1. The number of para-hydroxylation sites is 2. The number of pyridine rings is 2. The van der Waals surface area contributed by atoms with Crippen molar-refractivity contribution >= 4 is 0 Å². The van der Waals surface area contributed by atoms with Crippen molar-refractivity contribution in [1.29, 1.82) is 0 Å². The molecule has 5 rings (SSSR count). The molecule has 0 spiro atoms. The van der Waals surface area contributed by atoms with Gasteiger partial charge < -0.3 is 14.9 Å². The topological polar surface area (TPSA) is 75.5 Å². The number of benzene rings is 3. The van der Waals surface area contributed by atoms with Gasteiger partial charge in [-0.05, 0) is 29.8 Å². The van der Waals surface area contributed by atoms with Crippen molar-refractivity contribution in [3.63, 3.8) is 0 Å². The van der Waals surface area contributed by atoms with E-state index in [1.807, 2.05) is 79.0 Å². The van der Waals surface area contributed by atoms with E-state index < -0.39 is 0 Å². The first-order chi connectivity index (χ1) is 17.3. The number of ether oxygens (including phenoxy) is 1. The van der Waals surface area contributed by atoms with E-state index in [0.717, 1.165) is 40.7 Å². The Kier molecular flexibility index (Phi) is 10.0. The van der Waals surface area contributed by atoms with Gasteiger partial charge >= 0.3 is 0 Å². The molecule has 35 heavy (non-hydrogen) atoms. The molecule has 0 saturated carbocycles. The molecular weight excluding hydrogens is 436 g/mol. The van der Waals surface area contributed by atoms with Crippen LogP contribution in [0.1, 0.15) is 5.56 Å². The molecule has 0 atom stereocenters. The average Bonchev–Trinajstić information content (AvgIpc) is 2.95. The van der Waals surface area contributed by atoms with E-state index in [2.05, 4.69) is 28.2 Å². The van der Waals surface area contributed by atoms with Gasteiger partial charge in [-0.1, -0.05) is 78.9 Å². The average molecular weight is 465 g/mol. The van der Waals surface area contributed by atoms with E-state index in [1.165, 1.54) is 0 Å². The first kappa shape index (κ1) is 25.1. The largest absolute Gasteiger partial charge is 0.507 e. The van der Waals surface area contributed by atoms with E-state index in [1.54, 1.807) is 30.7 Å². The Labute approximate surface area is 206 Å². The third-order valence-electron chi connectivity index (χ3n) is 4.97. The lowest BCUT2D eigenvalue weighted by molar-refractivity contribution is 0.307. The third kappa shape index (κ3) is 7.52. The van der Waals surface area contributed by atoms with Gasteiger partial charge in [0, 0.05) is 54.2 Å². The van der Waals surface area contributed by atoms with Crippen LogP contribution < -0.4 is 4.74 Å². The summed E-state index contributed by atoms with van der Waals surface area (Å²) in [4.78, 5) is 8.16. The molecule has 5 aromatic rings. The molecule has 2 aromatic heterocycles. The zero-order valence-corrected chi connectivity index (χ0v) is 19.5. The fourth-order valence-electron chi connectivity index (χ4n) is 3.33. The van der Waals surface area contributed by atoms with E-state index >= 15 is 0 Å². The SMILES string of the molecule is CO.Oc1ccccc1-c1cccnc1.c1ccc(COc2ccccc2-c2cccnc2)cc1. The van der Waals surface area contributed by atoms with Crippen LogP contribution in [-0.4, -0.2) is 27.3 Å². The van der Waals surface area contributed by atoms with Crippen LogP contribution in [-0.2, 0) is 6.61 Å². The molecule has 5 nitrogen and oxygen atoms in total. The van der Waals surface area contributed by atoms with Gasteiger partial charge in [0.15, 0.2) is 0 Å². The zero-order valence-electron chi connectivity index (χ0n) is 19.5. The number of aliphatic hydroxyl groups is 1. The number of aromatic hydroxyl groups is 1. The molecule has 2 N–H and O–H groups in total. The lowest BCUT2D eigenvalue weighted by Crippen LogP contribution is -1.96. The Morgan fingerprint density at radius 1 is 0.600 bits per heavy atom. The number of nitrogens with zero attached hydrogens (tertiary/aromatic N) is 2. The molecule has 0 aliphatic rings. The summed E-state index contributed by atoms with van der Waals surface area (Å²) in [6.45, 7) is 0.568. The van der Waals surface area contributed by atoms with Crippen molar-refractivity contribution in [2.24, 2.45) is 0 Å². The van der Waals surface area contributed by atoms with E-state index in [4.69, 9.17) is 9.84 Å². The van der Waals surface area contributed by atoms with Crippen molar-refractivity contribution in [1.82, 2.24) is 9.97 Å². The van der Waals surface area contributed by atoms with Gasteiger partial charge in [-0.3, -0.25) is 9.97 Å². The highest BCUT2D eigenvalue weighted by molar-refractivity contribution is 5.70. The van der Waals surface area contributed by atoms with Gasteiger partial charge in [-0.2, -0.15) is 0 Å². The number of rotatable bonds is 5. The molecule has 0 radical (unpaired) electrons. The molecule has 0 amide bonds. The second-order valence-corrected chi connectivity index (χ2v) is 7.27. The number of phenols is 1. The molecule has 0 saturated heterocycles. The number of phenolic OH excluding ortho intramolecular Hbond substituents is 1. The summed E-state index contributed by atoms with van der Waals surface area (Å²) in [6.07, 6.45) is 7.07. The fraction of sp³-hybridized carbons (Fsp3) is 0.0667. The first-order valence-corrected chi connectivity index (χ1v) is 11.1. The van der Waals surface area contributed by atoms with Crippen LogP contribution in [0.15, 0.2) is 128 Å². The quantitative estimate of drug-likeness (QED) is 0.315. The number of aromatic nitrogens is 2. The minimum Gasteiger partial charge on any atom is -0.507 e. The molecular formula is C30H28N2O3. The van der Waals surface area contributed by atoms with Crippen LogP contribution in [0.5, 0.6) is 11.5 Å². The summed E-state index contributed by atoms with van der Waals surface area (Å²) in [5, 5.41) is 16.5. The predicted molar refractivity (Wildman–Crippen MR) is 140 cm³/mol. The Balaban J connectivity index is 0.000000197. The third-order valence-corrected chi connectivity index (χ3v) is 4.97. The summed E-state index contributed by atoms with van der Waals surface area (Å²) in [5.41, 5.74) is 5.04. The Bertz CT molecular complexity index is 1260. The van der Waals surface area contributed by atoms with Crippen molar-refractivity contribution < 1.29 is 14.9 Å². The van der Waals surface area contributed by atoms with Gasteiger partial charge in [-0.15, -0.1) is 0 Å². The lowest BCUT2D eigenvalue weighted by atomic mass is 10.1. The highest BCUT2D eigenvalue weighted by Crippen LogP contribution is 2.29. The van der Waals surface area contributed by atoms with Crippen LogP contribution in [0.2, 0.25) is 0 Å². The van der Waals surface area contributed by atoms with E-state index in [-0.39, 0.29) is 5.75 Å². The molecule has 0 aliphatic carbocycles. The van der Waals surface area contributed by atoms with Crippen molar-refractivity contribution in [3.8, 4) is 33.8 Å². The highest BCUT2D eigenvalue weighted by Gasteiger charge is 2.06. The summed E-state index contributed by atoms with van der Waals surface area (Å²) in [6, 6.07) is 33.2. The molecule has 2 heterocycles. The summed E-state index contributed by atoms with van der Waals surface area (Å²) in [7, 11) is 1.00. The van der Waals surface area contributed by atoms with Crippen molar-refractivity contribution in [2.75, 3.05) is 7.11 Å². The molecule has 176 valence electrons. The maximum atomic E-state index is 9.54. The maximum absolute atomic E-state index is 9.54. The van der Waals surface area contributed by atoms with Crippen molar-refractivity contribution in [3.05, 3.63) is 133 Å². The Morgan fingerprint density at radius 3 is 1.74 bits per heavy atom. The Morgan fingerprint density at radius 2 is 1.14 bits per heavy atom. The normalized spacial score (nSPS) is 9.66. The zero-order chi connectivity index (χ0) is 24.7. The van der Waals surface area contributed by atoms with Gasteiger partial charge in [-0.25, -0.2) is 0 Å². The van der Waals surface area contributed by atoms with Crippen LogP contribution in [0, 0.1) is 0 Å². The van der Waals surface area contributed by atoms with E-state index in [0.29, 0.717) is 6.61 Å². The van der Waals surface area contributed by atoms with E-state index in [9.17, 15) is 5.11 Å². The fourth-order valence-corrected chi connectivity index (χ4v) is 3.33. The van der Waals surface area contributed by atoms with Gasteiger partial charge in [0.2, 0.25) is 0 Å². The van der Waals surface area contributed by atoms with Crippen molar-refractivity contribution in [2.45, 2.75) is 6.61 Å². The highest BCUT2D eigenvalue weighted by atomic mass is 16.5. The first-order valence-electron chi connectivity index (χ1n) is 11.1. The lowest BCUT2D eigenvalue weighted by Gasteiger charge is -2.11. The molecule has 5 heteroatoms. The molecule has 3 aromatic carbocycles. The smallest absolute Gasteiger partial charge is 0.127 e. The predicted octanol–water partition coefficient (Wildman–Crippen LogP) is 6.39. The second-order valence-electron chi connectivity index (χ2n) is 7.27. The summed E-state index contributed by atoms with van der Waals surface area (Å²) in [5.74, 6) is 1.17. The van der Waals surface area contributed by atoms with Gasteiger partial charge in [0.1, 0.15) is 18.1 Å². The second kappa shape index (κ2) is 13.9. The number of hydrogen-bond acceptors (Lipinski definition) is 5. The van der Waals surface area contributed by atoms with Crippen LogP contribution in [0.25, 0.3) is 22.3 Å². The minimum absolute atomic E-state index is 0.288. The van der Waals surface area contributed by atoms with Crippen LogP contribution >= 0.6 is 0 Å². The molecule has 0 fully saturated rings. The minimum atomic E-state index is 0.288. The summed E-state index contributed by atoms with van der Waals surface area (Å²) < 4.78 is 5.95. The number of hydrogen-bond donors (Lipinski definition) is 2. The molecule has 0 bridgehead atoms. The molecule has 0 unspecified atom stereocenters. The monoisotopic (exact) mass is 464 g/mol. The van der Waals surface area contributed by atoms with Crippen LogP contribution in [0.4, 0.5) is 0 Å². The maximum Gasteiger partial charge on any atom is 0.127 e. The standard InChI is InChI=1S/C18H15NO.C11H9NO.CH4O/c1-2-7-15(8-3-1)14-20-18-11-5-4-10-17(18)16-9-6-12-19-13-16;13-11-6-2-1-5-10(11)9-4-3-7-12-8-9;1-2/h1-13H,14H2;1-8,13H;2H,1H3. The van der Waals surface area contributed by atoms with Gasteiger partial charge in [0.25, 0.3) is 0 Å². The Hall–Kier alpha value is -4.48. The summed E-state index contributed by atoms with van der Waals surface area (Å²) >= 11 is 0. The van der Waals surface area contributed by atoms with Gasteiger partial charge in [0.05, 0.1) is 0 Å². The van der Waals surface area contributed by atoms with Crippen LogP contribution in [0.3, 0.4) is 0 Å².